The van der Waals surface area contributed by atoms with Crippen LogP contribution in [0.25, 0.3) is 0 Å². The van der Waals surface area contributed by atoms with Gasteiger partial charge in [-0.25, -0.2) is 4.79 Å². The van der Waals surface area contributed by atoms with Crippen LogP contribution in [0.1, 0.15) is 26.2 Å². The number of hydrogen-bond acceptors (Lipinski definition) is 4. The fraction of sp³-hybridized carbons (Fsp3) is 0.800. The van der Waals surface area contributed by atoms with Crippen LogP contribution in [0.5, 0.6) is 0 Å². The van der Waals surface area contributed by atoms with Crippen LogP contribution in [-0.4, -0.2) is 48.7 Å². The molecule has 1 amide bonds. The van der Waals surface area contributed by atoms with E-state index in [0.29, 0.717) is 6.54 Å². The summed E-state index contributed by atoms with van der Waals surface area (Å²) in [4.78, 5) is 23.7. The van der Waals surface area contributed by atoms with E-state index >= 15 is 0 Å². The van der Waals surface area contributed by atoms with Crippen molar-refractivity contribution in [2.24, 2.45) is 0 Å². The van der Waals surface area contributed by atoms with Gasteiger partial charge in [0.1, 0.15) is 0 Å². The Hall–Kier alpha value is -1.10. The molecular formula is C10H19NO4. The number of aliphatic hydroxyl groups is 1. The van der Waals surface area contributed by atoms with Gasteiger partial charge in [-0.3, -0.25) is 4.79 Å². The largest absolute Gasteiger partial charge is 0.459 e. The van der Waals surface area contributed by atoms with Crippen molar-refractivity contribution in [1.29, 1.82) is 0 Å². The zero-order valence-corrected chi connectivity index (χ0v) is 9.36. The second kappa shape index (κ2) is 8.23. The van der Waals surface area contributed by atoms with E-state index in [9.17, 15) is 9.59 Å². The predicted octanol–water partition coefficient (Wildman–Crippen LogP) is 0.170. The zero-order chi connectivity index (χ0) is 11.7. The van der Waals surface area contributed by atoms with E-state index in [2.05, 4.69) is 4.74 Å². The summed E-state index contributed by atoms with van der Waals surface area (Å²) in [6.45, 7) is 2.54. The van der Waals surface area contributed by atoms with E-state index in [-0.39, 0.29) is 13.2 Å². The SMILES string of the molecule is CCOC(=O)C(=O)N(C)CCCCCO. The molecule has 0 aliphatic heterocycles. The number of ether oxygens (including phenoxy) is 1. The molecule has 0 fully saturated rings. The highest BCUT2D eigenvalue weighted by molar-refractivity contribution is 6.32. The third kappa shape index (κ3) is 6.06. The van der Waals surface area contributed by atoms with Gasteiger partial charge in [0.15, 0.2) is 0 Å². The van der Waals surface area contributed by atoms with Gasteiger partial charge in [-0.2, -0.15) is 0 Å². The van der Waals surface area contributed by atoms with Crippen molar-refractivity contribution in [3.05, 3.63) is 0 Å². The molecule has 5 nitrogen and oxygen atoms in total. The normalized spacial score (nSPS) is 9.80. The van der Waals surface area contributed by atoms with Gasteiger partial charge < -0.3 is 14.7 Å². The maximum atomic E-state index is 11.3. The van der Waals surface area contributed by atoms with E-state index < -0.39 is 11.9 Å². The van der Waals surface area contributed by atoms with Gasteiger partial charge in [0, 0.05) is 20.2 Å². The molecule has 0 aliphatic carbocycles. The fourth-order valence-electron chi connectivity index (χ4n) is 1.09. The lowest BCUT2D eigenvalue weighted by Gasteiger charge is -2.15. The number of rotatable bonds is 6. The van der Waals surface area contributed by atoms with Crippen molar-refractivity contribution in [3.8, 4) is 0 Å². The highest BCUT2D eigenvalue weighted by Gasteiger charge is 2.18. The van der Waals surface area contributed by atoms with E-state index in [1.165, 1.54) is 4.90 Å². The van der Waals surface area contributed by atoms with Crippen molar-refractivity contribution in [1.82, 2.24) is 4.90 Å². The Morgan fingerprint density at radius 2 is 1.93 bits per heavy atom. The molecule has 1 N–H and O–H groups in total. The molecule has 0 saturated carbocycles. The zero-order valence-electron chi connectivity index (χ0n) is 9.36. The Morgan fingerprint density at radius 3 is 2.47 bits per heavy atom. The van der Waals surface area contributed by atoms with Gasteiger partial charge >= 0.3 is 11.9 Å². The second-order valence-electron chi connectivity index (χ2n) is 3.23. The van der Waals surface area contributed by atoms with Gasteiger partial charge in [-0.15, -0.1) is 0 Å². The van der Waals surface area contributed by atoms with Crippen LogP contribution in [0.4, 0.5) is 0 Å². The third-order valence-electron chi connectivity index (χ3n) is 1.95. The molecule has 5 heteroatoms. The molecule has 0 spiro atoms. The smallest absolute Gasteiger partial charge is 0.396 e. The van der Waals surface area contributed by atoms with Gasteiger partial charge in [0.05, 0.1) is 6.61 Å². The molecule has 0 rings (SSSR count). The average molecular weight is 217 g/mol. The summed E-state index contributed by atoms with van der Waals surface area (Å²) in [5.41, 5.74) is 0. The number of aliphatic hydroxyl groups excluding tert-OH is 1. The first-order valence-corrected chi connectivity index (χ1v) is 5.16. The van der Waals surface area contributed by atoms with E-state index in [1.54, 1.807) is 14.0 Å². The monoisotopic (exact) mass is 217 g/mol. The van der Waals surface area contributed by atoms with Crippen LogP contribution >= 0.6 is 0 Å². The minimum absolute atomic E-state index is 0.162. The standard InChI is InChI=1S/C10H19NO4/c1-3-15-10(14)9(13)11(2)7-5-4-6-8-12/h12H,3-8H2,1-2H3. The van der Waals surface area contributed by atoms with Crippen molar-refractivity contribution in [2.75, 3.05) is 26.8 Å². The Morgan fingerprint density at radius 1 is 1.27 bits per heavy atom. The summed E-state index contributed by atoms with van der Waals surface area (Å²) >= 11 is 0. The molecule has 0 aromatic rings. The van der Waals surface area contributed by atoms with E-state index in [4.69, 9.17) is 5.11 Å². The van der Waals surface area contributed by atoms with Crippen LogP contribution < -0.4 is 0 Å². The van der Waals surface area contributed by atoms with E-state index in [1.807, 2.05) is 0 Å². The fourth-order valence-corrected chi connectivity index (χ4v) is 1.09. The van der Waals surface area contributed by atoms with Crippen LogP contribution in [-0.2, 0) is 14.3 Å². The van der Waals surface area contributed by atoms with Gasteiger partial charge in [-0.05, 0) is 26.2 Å². The minimum atomic E-state index is -0.804. The Kier molecular flexibility index (Phi) is 7.62. The topological polar surface area (TPSA) is 66.8 Å². The molecule has 0 heterocycles. The maximum Gasteiger partial charge on any atom is 0.396 e. The molecule has 0 unspecified atom stereocenters. The summed E-state index contributed by atoms with van der Waals surface area (Å²) in [5.74, 6) is -1.41. The molecule has 0 atom stereocenters. The first-order valence-electron chi connectivity index (χ1n) is 5.16. The summed E-state index contributed by atoms with van der Waals surface area (Å²) in [6.07, 6.45) is 2.35. The number of carbonyl (C=O) groups excluding carboxylic acids is 2. The number of amides is 1. The molecule has 0 saturated heterocycles. The van der Waals surface area contributed by atoms with Gasteiger partial charge in [0.25, 0.3) is 0 Å². The summed E-state index contributed by atoms with van der Waals surface area (Å²) < 4.78 is 4.58. The van der Waals surface area contributed by atoms with Gasteiger partial charge in [-0.1, -0.05) is 0 Å². The van der Waals surface area contributed by atoms with Crippen molar-refractivity contribution >= 4 is 11.9 Å². The highest BCUT2D eigenvalue weighted by atomic mass is 16.5. The lowest BCUT2D eigenvalue weighted by molar-refractivity contribution is -0.159. The quantitative estimate of drug-likeness (QED) is 0.391. The minimum Gasteiger partial charge on any atom is -0.459 e. The first kappa shape index (κ1) is 13.9. The maximum absolute atomic E-state index is 11.3. The number of unbranched alkanes of at least 4 members (excludes halogenated alkanes) is 2. The van der Waals surface area contributed by atoms with Crippen LogP contribution in [0, 0.1) is 0 Å². The van der Waals surface area contributed by atoms with Crippen molar-refractivity contribution in [2.45, 2.75) is 26.2 Å². The summed E-state index contributed by atoms with van der Waals surface area (Å²) in [6, 6.07) is 0. The summed E-state index contributed by atoms with van der Waals surface area (Å²) in [5, 5.41) is 8.54. The van der Waals surface area contributed by atoms with Crippen molar-refractivity contribution in [3.63, 3.8) is 0 Å². The Balaban J connectivity index is 3.73. The molecule has 0 aromatic carbocycles. The van der Waals surface area contributed by atoms with E-state index in [0.717, 1.165) is 19.3 Å². The van der Waals surface area contributed by atoms with Crippen LogP contribution in [0.3, 0.4) is 0 Å². The van der Waals surface area contributed by atoms with Crippen molar-refractivity contribution < 1.29 is 19.4 Å². The lowest BCUT2D eigenvalue weighted by Crippen LogP contribution is -2.35. The Labute approximate surface area is 90.0 Å². The molecule has 0 aliphatic rings. The van der Waals surface area contributed by atoms with Crippen LogP contribution in [0.15, 0.2) is 0 Å². The van der Waals surface area contributed by atoms with Gasteiger partial charge in [0.2, 0.25) is 0 Å². The number of carbonyl (C=O) groups is 2. The Bertz CT molecular complexity index is 206. The number of likely N-dealkylation sites (N-methyl/N-ethyl adjacent to an activating group) is 1. The number of nitrogens with zero attached hydrogens (tertiary/aromatic N) is 1. The third-order valence-corrected chi connectivity index (χ3v) is 1.95. The lowest BCUT2D eigenvalue weighted by atomic mass is 10.2. The molecule has 88 valence electrons. The molecule has 0 bridgehead atoms. The molecule has 15 heavy (non-hydrogen) atoms. The number of esters is 1. The summed E-state index contributed by atoms with van der Waals surface area (Å²) in [7, 11) is 1.57. The van der Waals surface area contributed by atoms with Crippen LogP contribution in [0.2, 0.25) is 0 Å². The highest BCUT2D eigenvalue weighted by Crippen LogP contribution is 1.97. The molecule has 0 radical (unpaired) electrons. The molecular weight excluding hydrogens is 198 g/mol. The second-order valence-corrected chi connectivity index (χ2v) is 3.23. The molecule has 0 aromatic heterocycles. The number of hydrogen-bond donors (Lipinski definition) is 1. The average Bonchev–Trinajstić information content (AvgIpc) is 2.23. The predicted molar refractivity (Wildman–Crippen MR) is 55.2 cm³/mol. The first-order chi connectivity index (χ1) is 7.13.